The molecule has 0 saturated heterocycles. The molecule has 0 radical (unpaired) electrons. The Balaban J connectivity index is 1.73. The van der Waals surface area contributed by atoms with Crippen LogP contribution in [0.15, 0.2) is 87.1 Å². The second kappa shape index (κ2) is 11.1. The molecule has 0 aliphatic rings. The average molecular weight is 563 g/mol. The number of hydrogen-bond acceptors (Lipinski definition) is 6. The molecule has 0 bridgehead atoms. The number of benzene rings is 3. The van der Waals surface area contributed by atoms with Gasteiger partial charge in [-0.1, -0.05) is 40.2 Å². The maximum absolute atomic E-state index is 13.2. The van der Waals surface area contributed by atoms with Crippen LogP contribution >= 0.6 is 15.9 Å². The number of nitrogens with zero attached hydrogens (tertiary/aromatic N) is 3. The number of aromatic nitrogens is 1. The number of carbonyl (C=O) groups excluding carboxylic acids is 2. The van der Waals surface area contributed by atoms with Gasteiger partial charge in [-0.25, -0.2) is 0 Å². The highest BCUT2D eigenvalue weighted by molar-refractivity contribution is 9.10. The molecule has 3 aromatic carbocycles. The zero-order valence-corrected chi connectivity index (χ0v) is 21.8. The van der Waals surface area contributed by atoms with Crippen molar-refractivity contribution in [2.45, 2.75) is 0 Å². The summed E-state index contributed by atoms with van der Waals surface area (Å²) in [4.78, 5) is 26.0. The highest BCUT2D eigenvalue weighted by Crippen LogP contribution is 2.39. The number of halogens is 1. The molecule has 9 nitrogen and oxygen atoms in total. The van der Waals surface area contributed by atoms with E-state index in [1.807, 2.05) is 12.1 Å². The number of nitrogens with one attached hydrogen (secondary N) is 1. The molecule has 0 unspecified atom stereocenters. The second-order valence-corrected chi connectivity index (χ2v) is 8.81. The maximum atomic E-state index is 13.2. The molecule has 4 aromatic rings. The summed E-state index contributed by atoms with van der Waals surface area (Å²) in [6.07, 6.45) is 1.46. The van der Waals surface area contributed by atoms with Gasteiger partial charge in [0.15, 0.2) is 17.2 Å². The van der Waals surface area contributed by atoms with Crippen molar-refractivity contribution >= 4 is 50.4 Å². The molecule has 2 N–H and O–H groups in total. The van der Waals surface area contributed by atoms with E-state index < -0.39 is 11.8 Å². The number of azo groups is 1. The van der Waals surface area contributed by atoms with Crippen molar-refractivity contribution in [2.75, 3.05) is 14.2 Å². The number of amides is 2. The van der Waals surface area contributed by atoms with Gasteiger partial charge in [0.1, 0.15) is 5.70 Å². The molecule has 0 atom stereocenters. The molecule has 0 aliphatic heterocycles. The summed E-state index contributed by atoms with van der Waals surface area (Å²) in [5.41, 5.74) is 1.64. The minimum Gasteiger partial charge on any atom is -0.493 e. The predicted molar refractivity (Wildman–Crippen MR) is 143 cm³/mol. The number of aryl methyl sites for hydroxylation is 1. The Labute approximate surface area is 221 Å². The molecule has 0 aliphatic carbocycles. The number of hydrogen-bond donors (Lipinski definition) is 2. The topological polar surface area (TPSA) is 115 Å². The van der Waals surface area contributed by atoms with E-state index in [-0.39, 0.29) is 17.3 Å². The van der Waals surface area contributed by atoms with Crippen molar-refractivity contribution in [3.05, 3.63) is 88.0 Å². The Kier molecular flexibility index (Phi) is 7.69. The Morgan fingerprint density at radius 3 is 2.43 bits per heavy atom. The molecule has 10 heteroatoms. The van der Waals surface area contributed by atoms with Gasteiger partial charge in [0.05, 0.1) is 19.7 Å². The zero-order valence-electron chi connectivity index (χ0n) is 20.2. The average Bonchev–Trinajstić information content (AvgIpc) is 3.15. The number of rotatable bonds is 7. The minimum atomic E-state index is -0.814. The van der Waals surface area contributed by atoms with Crippen molar-refractivity contribution in [1.29, 1.82) is 0 Å². The smallest absolute Gasteiger partial charge is 0.311 e. The van der Waals surface area contributed by atoms with Gasteiger partial charge in [0, 0.05) is 22.5 Å². The van der Waals surface area contributed by atoms with E-state index in [1.165, 1.54) is 24.9 Å². The van der Waals surface area contributed by atoms with E-state index >= 15 is 0 Å². The monoisotopic (exact) mass is 562 g/mol. The highest BCUT2D eigenvalue weighted by atomic mass is 79.9. The van der Waals surface area contributed by atoms with Crippen molar-refractivity contribution < 1.29 is 24.2 Å². The third kappa shape index (κ3) is 5.54. The molecular formula is C27H23BrN4O5. The highest BCUT2D eigenvalue weighted by Gasteiger charge is 2.18. The third-order valence-electron chi connectivity index (χ3n) is 5.58. The zero-order chi connectivity index (χ0) is 26.5. The lowest BCUT2D eigenvalue weighted by molar-refractivity contribution is -0.115. The Morgan fingerprint density at radius 1 is 1.00 bits per heavy atom. The van der Waals surface area contributed by atoms with Crippen LogP contribution in [0.2, 0.25) is 0 Å². The van der Waals surface area contributed by atoms with Gasteiger partial charge in [-0.3, -0.25) is 9.59 Å². The van der Waals surface area contributed by atoms with Crippen LogP contribution in [0.3, 0.4) is 0 Å². The first-order valence-corrected chi connectivity index (χ1v) is 11.8. The Hall–Kier alpha value is -4.44. The molecule has 37 heavy (non-hydrogen) atoms. The van der Waals surface area contributed by atoms with Crippen molar-refractivity contribution in [2.24, 2.45) is 17.3 Å². The number of ether oxygens (including phenoxy) is 2. The van der Waals surface area contributed by atoms with E-state index in [0.717, 1.165) is 4.47 Å². The fourth-order valence-electron chi connectivity index (χ4n) is 3.68. The summed E-state index contributed by atoms with van der Waals surface area (Å²) in [6.45, 7) is 0. The van der Waals surface area contributed by atoms with Crippen LogP contribution in [0.4, 0.5) is 5.69 Å². The van der Waals surface area contributed by atoms with Gasteiger partial charge in [-0.15, -0.1) is 10.2 Å². The molecule has 0 saturated carbocycles. The van der Waals surface area contributed by atoms with Gasteiger partial charge >= 0.3 is 5.91 Å². The molecule has 0 spiro atoms. The van der Waals surface area contributed by atoms with Crippen molar-refractivity contribution in [1.82, 2.24) is 9.88 Å². The van der Waals surface area contributed by atoms with E-state index in [2.05, 4.69) is 31.5 Å². The fraction of sp³-hybridized carbons (Fsp3) is 0.111. The van der Waals surface area contributed by atoms with E-state index in [9.17, 15) is 14.7 Å². The van der Waals surface area contributed by atoms with Gasteiger partial charge in [0.2, 0.25) is 5.88 Å². The van der Waals surface area contributed by atoms with E-state index in [4.69, 9.17) is 9.47 Å². The lowest BCUT2D eigenvalue weighted by Crippen LogP contribution is -2.26. The molecule has 0 fully saturated rings. The summed E-state index contributed by atoms with van der Waals surface area (Å²) >= 11 is 3.41. The molecule has 2 amide bonds. The van der Waals surface area contributed by atoms with Crippen LogP contribution in [-0.2, 0) is 11.8 Å². The maximum Gasteiger partial charge on any atom is 0.311 e. The van der Waals surface area contributed by atoms with Crippen LogP contribution in [0.25, 0.3) is 17.0 Å². The lowest BCUT2D eigenvalue weighted by Gasteiger charge is -2.10. The molecule has 1 aromatic heterocycles. The van der Waals surface area contributed by atoms with Gasteiger partial charge < -0.3 is 24.5 Å². The summed E-state index contributed by atoms with van der Waals surface area (Å²) in [5, 5.41) is 21.7. The molecule has 4 rings (SSSR count). The predicted octanol–water partition coefficient (Wildman–Crippen LogP) is 5.75. The summed E-state index contributed by atoms with van der Waals surface area (Å²) in [7, 11) is 4.69. The van der Waals surface area contributed by atoms with E-state index in [0.29, 0.717) is 33.5 Å². The normalized spacial score (nSPS) is 11.6. The summed E-state index contributed by atoms with van der Waals surface area (Å²) in [6, 6.07) is 18.9. The quantitative estimate of drug-likeness (QED) is 0.220. The van der Waals surface area contributed by atoms with Crippen LogP contribution in [0, 0.1) is 0 Å². The number of fused-ring (bicyclic) bond motifs is 1. The SMILES string of the molecule is COc1ccc(C=C(NC(=O)c2ccccc2)C(=O)N=Nc2c(O)n(C)c3ccc(Br)cc23)cc1OC. The van der Waals surface area contributed by atoms with Gasteiger partial charge in [-0.05, 0) is 54.1 Å². The largest absolute Gasteiger partial charge is 0.493 e. The Morgan fingerprint density at radius 2 is 1.73 bits per heavy atom. The second-order valence-electron chi connectivity index (χ2n) is 7.89. The number of methoxy groups -OCH3 is 2. The van der Waals surface area contributed by atoms with E-state index in [1.54, 1.807) is 61.6 Å². The van der Waals surface area contributed by atoms with Gasteiger partial charge in [0.25, 0.3) is 5.91 Å². The van der Waals surface area contributed by atoms with Crippen molar-refractivity contribution in [3.63, 3.8) is 0 Å². The first-order valence-electron chi connectivity index (χ1n) is 11.1. The van der Waals surface area contributed by atoms with Crippen molar-refractivity contribution in [3.8, 4) is 17.4 Å². The van der Waals surface area contributed by atoms with Crippen LogP contribution < -0.4 is 14.8 Å². The van der Waals surface area contributed by atoms with Crippen LogP contribution in [0.1, 0.15) is 15.9 Å². The molecule has 1 heterocycles. The van der Waals surface area contributed by atoms with Gasteiger partial charge in [-0.2, -0.15) is 0 Å². The Bertz CT molecular complexity index is 1540. The summed E-state index contributed by atoms with van der Waals surface area (Å²) in [5.74, 6) is -0.495. The molecule has 188 valence electrons. The van der Waals surface area contributed by atoms with Crippen LogP contribution in [0.5, 0.6) is 17.4 Å². The summed E-state index contributed by atoms with van der Waals surface area (Å²) < 4.78 is 12.9. The standard InChI is InChI=1S/C27H23BrN4O5/c1-32-21-11-10-18(28)15-19(21)24(27(32)35)30-31-26(34)20(29-25(33)17-7-5-4-6-8-17)13-16-9-12-22(36-2)23(14-16)37-3/h4-15,35H,1-3H3,(H,29,33). The fourth-order valence-corrected chi connectivity index (χ4v) is 4.04. The minimum absolute atomic E-state index is 0.120. The first kappa shape index (κ1) is 25.6. The lowest BCUT2D eigenvalue weighted by atomic mass is 10.1. The molecular weight excluding hydrogens is 540 g/mol. The number of carbonyl (C=O) groups is 2. The first-order chi connectivity index (χ1) is 17.8. The number of aromatic hydroxyl groups is 1. The third-order valence-corrected chi connectivity index (χ3v) is 6.07. The van der Waals surface area contributed by atoms with Crippen LogP contribution in [-0.4, -0.2) is 35.7 Å².